The van der Waals surface area contributed by atoms with Gasteiger partial charge in [0, 0.05) is 19.5 Å². The Morgan fingerprint density at radius 1 is 1.35 bits per heavy atom. The predicted octanol–water partition coefficient (Wildman–Crippen LogP) is 0.890. The fraction of sp³-hybridized carbons (Fsp3) is 0.647. The van der Waals surface area contributed by atoms with E-state index in [-0.39, 0.29) is 36.8 Å². The van der Waals surface area contributed by atoms with Crippen molar-refractivity contribution in [1.82, 2.24) is 4.31 Å². The molecule has 2 heterocycles. The number of methoxy groups -OCH3 is 1. The Balaban J connectivity index is 1.74. The number of ether oxygens (including phenoxy) is 2. The summed E-state index contributed by atoms with van der Waals surface area (Å²) in [6.07, 6.45) is 0.0744. The first-order chi connectivity index (χ1) is 12.1. The van der Waals surface area contributed by atoms with Crippen LogP contribution in [0.1, 0.15) is 26.2 Å². The summed E-state index contributed by atoms with van der Waals surface area (Å²) in [6.45, 7) is 1.97. The molecule has 2 atom stereocenters. The van der Waals surface area contributed by atoms with Crippen LogP contribution in [0.15, 0.2) is 23.1 Å². The third-order valence-corrected chi connectivity index (χ3v) is 7.23. The molecular weight excluding hydrogens is 365 g/mol. The van der Waals surface area contributed by atoms with Crippen LogP contribution >= 0.6 is 0 Å². The summed E-state index contributed by atoms with van der Waals surface area (Å²) < 4.78 is 51.3. The Labute approximate surface area is 152 Å². The van der Waals surface area contributed by atoms with E-state index in [4.69, 9.17) is 9.47 Å². The van der Waals surface area contributed by atoms with E-state index in [0.29, 0.717) is 12.8 Å². The number of halogens is 1. The number of sulfonamides is 1. The highest BCUT2D eigenvalue weighted by Crippen LogP contribution is 2.40. The fourth-order valence-electron chi connectivity index (χ4n) is 3.67. The lowest BCUT2D eigenvalue weighted by molar-refractivity contribution is -0.220. The molecule has 1 aromatic rings. The number of aliphatic hydroxyl groups excluding tert-OH is 1. The maximum atomic E-state index is 13.9. The molecule has 146 valence electrons. The van der Waals surface area contributed by atoms with Crippen LogP contribution in [-0.4, -0.2) is 67.0 Å². The van der Waals surface area contributed by atoms with Gasteiger partial charge in [0.1, 0.15) is 6.10 Å². The number of aliphatic hydroxyl groups is 2. The quantitative estimate of drug-likeness (QED) is 0.797. The first kappa shape index (κ1) is 19.5. The van der Waals surface area contributed by atoms with Crippen molar-refractivity contribution in [3.63, 3.8) is 0 Å². The van der Waals surface area contributed by atoms with Crippen LogP contribution in [0.2, 0.25) is 0 Å². The number of rotatable bonds is 3. The van der Waals surface area contributed by atoms with E-state index < -0.39 is 33.1 Å². The SMILES string of the molecule is COc1ccc(S(=O)(=O)N2CCC3(CC2)C[C@](C)(O)[C@@H](O)CO3)cc1F. The van der Waals surface area contributed by atoms with Gasteiger partial charge < -0.3 is 19.7 Å². The van der Waals surface area contributed by atoms with Gasteiger partial charge in [0.05, 0.1) is 29.8 Å². The van der Waals surface area contributed by atoms with Crippen LogP contribution in [0.4, 0.5) is 4.39 Å². The molecule has 0 aromatic heterocycles. The molecule has 0 aliphatic carbocycles. The minimum atomic E-state index is -3.83. The molecule has 0 radical (unpaired) electrons. The van der Waals surface area contributed by atoms with Gasteiger partial charge in [-0.1, -0.05) is 0 Å². The summed E-state index contributed by atoms with van der Waals surface area (Å²) in [5.41, 5.74) is -1.92. The van der Waals surface area contributed by atoms with Crippen molar-refractivity contribution in [1.29, 1.82) is 0 Å². The molecule has 0 unspecified atom stereocenters. The van der Waals surface area contributed by atoms with Gasteiger partial charge >= 0.3 is 0 Å². The Kier molecular flexibility index (Phi) is 5.04. The summed E-state index contributed by atoms with van der Waals surface area (Å²) in [6, 6.07) is 3.56. The normalized spacial score (nSPS) is 29.7. The summed E-state index contributed by atoms with van der Waals surface area (Å²) in [5.74, 6) is -0.749. The zero-order valence-corrected chi connectivity index (χ0v) is 15.6. The Morgan fingerprint density at radius 2 is 2.00 bits per heavy atom. The molecule has 0 saturated carbocycles. The third kappa shape index (κ3) is 3.46. The highest BCUT2D eigenvalue weighted by atomic mass is 32.2. The second-order valence-electron chi connectivity index (χ2n) is 7.24. The molecule has 3 rings (SSSR count). The van der Waals surface area contributed by atoms with Gasteiger partial charge in [-0.25, -0.2) is 12.8 Å². The smallest absolute Gasteiger partial charge is 0.243 e. The average Bonchev–Trinajstić information content (AvgIpc) is 2.58. The number of nitrogens with zero attached hydrogens (tertiary/aromatic N) is 1. The van der Waals surface area contributed by atoms with Gasteiger partial charge in [0.2, 0.25) is 10.0 Å². The highest BCUT2D eigenvalue weighted by molar-refractivity contribution is 7.89. The summed E-state index contributed by atoms with van der Waals surface area (Å²) in [4.78, 5) is -0.126. The van der Waals surface area contributed by atoms with Gasteiger partial charge in [-0.3, -0.25) is 0 Å². The zero-order valence-electron chi connectivity index (χ0n) is 14.8. The van der Waals surface area contributed by atoms with Crippen molar-refractivity contribution in [3.05, 3.63) is 24.0 Å². The molecule has 2 saturated heterocycles. The lowest BCUT2D eigenvalue weighted by atomic mass is 9.77. The van der Waals surface area contributed by atoms with Gasteiger partial charge in [-0.15, -0.1) is 0 Å². The molecule has 1 spiro atoms. The molecule has 0 bridgehead atoms. The maximum absolute atomic E-state index is 13.9. The number of hydrogen-bond donors (Lipinski definition) is 2. The summed E-state index contributed by atoms with van der Waals surface area (Å²) in [5, 5.41) is 20.2. The first-order valence-electron chi connectivity index (χ1n) is 8.48. The van der Waals surface area contributed by atoms with E-state index in [1.54, 1.807) is 6.92 Å². The molecule has 2 aliphatic rings. The summed E-state index contributed by atoms with van der Waals surface area (Å²) >= 11 is 0. The molecule has 7 nitrogen and oxygen atoms in total. The topological polar surface area (TPSA) is 96.3 Å². The third-order valence-electron chi connectivity index (χ3n) is 5.34. The summed E-state index contributed by atoms with van der Waals surface area (Å²) in [7, 11) is -2.52. The lowest BCUT2D eigenvalue weighted by Gasteiger charge is -2.49. The van der Waals surface area contributed by atoms with Gasteiger partial charge in [-0.2, -0.15) is 4.31 Å². The van der Waals surface area contributed by atoms with Gasteiger partial charge in [0.15, 0.2) is 11.6 Å². The van der Waals surface area contributed by atoms with Crippen molar-refractivity contribution < 1.29 is 32.5 Å². The van der Waals surface area contributed by atoms with Crippen LogP contribution in [0.25, 0.3) is 0 Å². The number of hydrogen-bond acceptors (Lipinski definition) is 6. The van der Waals surface area contributed by atoms with E-state index >= 15 is 0 Å². The molecule has 2 N–H and O–H groups in total. The van der Waals surface area contributed by atoms with Crippen molar-refractivity contribution >= 4 is 10.0 Å². The zero-order chi connectivity index (χ0) is 19.2. The molecule has 26 heavy (non-hydrogen) atoms. The second kappa shape index (κ2) is 6.72. The Hall–Kier alpha value is -1.26. The molecule has 2 fully saturated rings. The van der Waals surface area contributed by atoms with Crippen LogP contribution < -0.4 is 4.74 Å². The van der Waals surface area contributed by atoms with Crippen molar-refractivity contribution in [3.8, 4) is 5.75 Å². The van der Waals surface area contributed by atoms with Crippen LogP contribution in [0.3, 0.4) is 0 Å². The second-order valence-corrected chi connectivity index (χ2v) is 9.18. The molecular formula is C17H24FNO6S. The van der Waals surface area contributed by atoms with Crippen molar-refractivity contribution in [2.24, 2.45) is 0 Å². The van der Waals surface area contributed by atoms with Crippen molar-refractivity contribution in [2.75, 3.05) is 26.8 Å². The Bertz CT molecular complexity index is 773. The monoisotopic (exact) mass is 389 g/mol. The average molecular weight is 389 g/mol. The van der Waals surface area contributed by atoms with E-state index in [1.165, 1.54) is 23.5 Å². The largest absolute Gasteiger partial charge is 0.494 e. The van der Waals surface area contributed by atoms with Gasteiger partial charge in [0.25, 0.3) is 0 Å². The van der Waals surface area contributed by atoms with Crippen LogP contribution in [0, 0.1) is 5.82 Å². The number of benzene rings is 1. The van der Waals surface area contributed by atoms with E-state index in [1.807, 2.05) is 0 Å². The van der Waals surface area contributed by atoms with Crippen LogP contribution in [-0.2, 0) is 14.8 Å². The maximum Gasteiger partial charge on any atom is 0.243 e. The van der Waals surface area contributed by atoms with Crippen molar-refractivity contribution in [2.45, 2.75) is 48.4 Å². The minimum absolute atomic E-state index is 0.0158. The number of piperidine rings is 1. The fourth-order valence-corrected chi connectivity index (χ4v) is 5.12. The van der Waals surface area contributed by atoms with Crippen LogP contribution in [0.5, 0.6) is 5.75 Å². The molecule has 0 amide bonds. The molecule has 9 heteroatoms. The Morgan fingerprint density at radius 3 is 2.54 bits per heavy atom. The standard InChI is InChI=1S/C17H24FNO6S/c1-16(21)11-17(25-10-15(16)20)5-7-19(8-6-17)26(22,23)12-3-4-14(24-2)13(18)9-12/h3-4,9,15,20-21H,5-8,10-11H2,1-2H3/t15-,16-/m0/s1. The van der Waals surface area contributed by atoms with E-state index in [2.05, 4.69) is 0 Å². The first-order valence-corrected chi connectivity index (χ1v) is 9.92. The van der Waals surface area contributed by atoms with Gasteiger partial charge in [-0.05, 0) is 38.0 Å². The lowest BCUT2D eigenvalue weighted by Crippen LogP contribution is -2.59. The molecule has 1 aromatic carbocycles. The van der Waals surface area contributed by atoms with E-state index in [9.17, 15) is 23.0 Å². The van der Waals surface area contributed by atoms with E-state index in [0.717, 1.165) is 6.07 Å². The molecule has 2 aliphatic heterocycles. The predicted molar refractivity (Wildman–Crippen MR) is 90.9 cm³/mol. The minimum Gasteiger partial charge on any atom is -0.494 e. The highest BCUT2D eigenvalue weighted by Gasteiger charge is 2.49.